The minimum Gasteiger partial charge on any atom is -0.360 e. The molecular formula is C12H17N5O. The van der Waals surface area contributed by atoms with E-state index in [0.717, 1.165) is 12.2 Å². The Morgan fingerprint density at radius 2 is 2.22 bits per heavy atom. The zero-order valence-electron chi connectivity index (χ0n) is 10.8. The lowest BCUT2D eigenvalue weighted by Crippen LogP contribution is -2.15. The third-order valence-corrected chi connectivity index (χ3v) is 2.53. The molecule has 0 aromatic carbocycles. The zero-order valence-corrected chi connectivity index (χ0v) is 10.8. The largest absolute Gasteiger partial charge is 0.360 e. The SMILES string of the molecule is CCC(C)Nc1nccc(Nc2cc(C)on2)n1. The molecule has 1 atom stereocenters. The van der Waals surface area contributed by atoms with E-state index in [1.807, 2.05) is 13.0 Å². The zero-order chi connectivity index (χ0) is 13.0. The van der Waals surface area contributed by atoms with Crippen molar-refractivity contribution < 1.29 is 4.52 Å². The van der Waals surface area contributed by atoms with Crippen molar-refractivity contribution in [1.82, 2.24) is 15.1 Å². The van der Waals surface area contributed by atoms with Gasteiger partial charge in [0, 0.05) is 18.3 Å². The van der Waals surface area contributed by atoms with E-state index in [0.29, 0.717) is 23.6 Å². The summed E-state index contributed by atoms with van der Waals surface area (Å²) in [4.78, 5) is 8.52. The molecule has 0 bridgehead atoms. The molecule has 0 aliphatic heterocycles. The smallest absolute Gasteiger partial charge is 0.224 e. The molecule has 0 radical (unpaired) electrons. The van der Waals surface area contributed by atoms with Crippen LogP contribution < -0.4 is 10.6 Å². The Balaban J connectivity index is 2.07. The molecule has 0 spiro atoms. The molecule has 18 heavy (non-hydrogen) atoms. The quantitative estimate of drug-likeness (QED) is 0.846. The van der Waals surface area contributed by atoms with Crippen LogP contribution in [0.25, 0.3) is 0 Å². The first-order valence-corrected chi connectivity index (χ1v) is 5.97. The summed E-state index contributed by atoms with van der Waals surface area (Å²) in [5, 5.41) is 10.1. The van der Waals surface area contributed by atoms with E-state index in [-0.39, 0.29) is 0 Å². The number of rotatable bonds is 5. The number of hydrogen-bond donors (Lipinski definition) is 2. The van der Waals surface area contributed by atoms with Gasteiger partial charge in [0.15, 0.2) is 5.82 Å². The fourth-order valence-electron chi connectivity index (χ4n) is 1.38. The minimum atomic E-state index is 0.342. The van der Waals surface area contributed by atoms with E-state index >= 15 is 0 Å². The summed E-state index contributed by atoms with van der Waals surface area (Å²) in [7, 11) is 0. The van der Waals surface area contributed by atoms with Crippen molar-refractivity contribution in [1.29, 1.82) is 0 Å². The van der Waals surface area contributed by atoms with Crippen LogP contribution in [0.4, 0.5) is 17.6 Å². The van der Waals surface area contributed by atoms with Crippen LogP contribution in [-0.4, -0.2) is 21.2 Å². The van der Waals surface area contributed by atoms with Gasteiger partial charge in [-0.1, -0.05) is 12.1 Å². The Morgan fingerprint density at radius 1 is 1.39 bits per heavy atom. The highest BCUT2D eigenvalue weighted by Crippen LogP contribution is 2.15. The standard InChI is InChI=1S/C12H17N5O/c1-4-8(2)14-12-13-6-5-10(16-12)15-11-7-9(3)18-17-11/h5-8H,4H2,1-3H3,(H2,13,14,15,16,17). The van der Waals surface area contributed by atoms with Gasteiger partial charge in [0.1, 0.15) is 11.6 Å². The Morgan fingerprint density at radius 3 is 2.89 bits per heavy atom. The molecule has 0 aliphatic carbocycles. The van der Waals surface area contributed by atoms with Gasteiger partial charge in [-0.15, -0.1) is 0 Å². The number of aryl methyl sites for hydroxylation is 1. The molecule has 0 saturated heterocycles. The Labute approximate surface area is 106 Å². The molecule has 1 unspecified atom stereocenters. The molecule has 6 nitrogen and oxygen atoms in total. The van der Waals surface area contributed by atoms with Crippen LogP contribution in [0.1, 0.15) is 26.0 Å². The molecule has 2 heterocycles. The lowest BCUT2D eigenvalue weighted by Gasteiger charge is -2.11. The molecular weight excluding hydrogens is 230 g/mol. The summed E-state index contributed by atoms with van der Waals surface area (Å²) in [5.41, 5.74) is 0. The number of hydrogen-bond acceptors (Lipinski definition) is 6. The fraction of sp³-hybridized carbons (Fsp3) is 0.417. The first-order valence-electron chi connectivity index (χ1n) is 5.97. The van der Waals surface area contributed by atoms with Gasteiger partial charge < -0.3 is 15.2 Å². The lowest BCUT2D eigenvalue weighted by molar-refractivity contribution is 0.400. The highest BCUT2D eigenvalue weighted by molar-refractivity contribution is 5.52. The van der Waals surface area contributed by atoms with E-state index in [4.69, 9.17) is 4.52 Å². The van der Waals surface area contributed by atoms with Gasteiger partial charge in [0.2, 0.25) is 5.95 Å². The molecule has 96 valence electrons. The summed E-state index contributed by atoms with van der Waals surface area (Å²) >= 11 is 0. The van der Waals surface area contributed by atoms with E-state index in [9.17, 15) is 0 Å². The number of anilines is 3. The van der Waals surface area contributed by atoms with Crippen LogP contribution in [-0.2, 0) is 0 Å². The van der Waals surface area contributed by atoms with Crippen molar-refractivity contribution in [3.63, 3.8) is 0 Å². The first-order chi connectivity index (χ1) is 8.67. The highest BCUT2D eigenvalue weighted by Gasteiger charge is 2.05. The van der Waals surface area contributed by atoms with E-state index < -0.39 is 0 Å². The lowest BCUT2D eigenvalue weighted by atomic mass is 10.3. The van der Waals surface area contributed by atoms with Gasteiger partial charge in [-0.05, 0) is 26.3 Å². The summed E-state index contributed by atoms with van der Waals surface area (Å²) in [6.45, 7) is 6.04. The van der Waals surface area contributed by atoms with Gasteiger partial charge in [-0.2, -0.15) is 4.98 Å². The number of nitrogens with one attached hydrogen (secondary N) is 2. The average molecular weight is 247 g/mol. The van der Waals surface area contributed by atoms with Crippen LogP contribution in [0, 0.1) is 6.92 Å². The van der Waals surface area contributed by atoms with Crippen molar-refractivity contribution in [3.05, 3.63) is 24.1 Å². The first kappa shape index (κ1) is 12.3. The Hall–Kier alpha value is -2.11. The predicted molar refractivity (Wildman–Crippen MR) is 69.9 cm³/mol. The fourth-order valence-corrected chi connectivity index (χ4v) is 1.38. The molecule has 2 aromatic rings. The third kappa shape index (κ3) is 3.19. The van der Waals surface area contributed by atoms with Crippen LogP contribution in [0.5, 0.6) is 0 Å². The summed E-state index contributed by atoms with van der Waals surface area (Å²) in [5.74, 6) is 2.68. The van der Waals surface area contributed by atoms with Gasteiger partial charge in [-0.25, -0.2) is 4.98 Å². The molecule has 0 aliphatic rings. The molecule has 2 rings (SSSR count). The highest BCUT2D eigenvalue weighted by atomic mass is 16.5. The maximum atomic E-state index is 4.98. The molecule has 0 fully saturated rings. The van der Waals surface area contributed by atoms with E-state index in [2.05, 4.69) is 39.6 Å². The van der Waals surface area contributed by atoms with Crippen molar-refractivity contribution in [2.45, 2.75) is 33.2 Å². The van der Waals surface area contributed by atoms with Gasteiger partial charge in [0.05, 0.1) is 0 Å². The minimum absolute atomic E-state index is 0.342. The van der Waals surface area contributed by atoms with E-state index in [1.54, 1.807) is 12.3 Å². The van der Waals surface area contributed by atoms with E-state index in [1.165, 1.54) is 0 Å². The van der Waals surface area contributed by atoms with Crippen molar-refractivity contribution in [2.24, 2.45) is 0 Å². The normalized spacial score (nSPS) is 12.2. The van der Waals surface area contributed by atoms with Gasteiger partial charge in [0.25, 0.3) is 0 Å². The van der Waals surface area contributed by atoms with Gasteiger partial charge in [-0.3, -0.25) is 0 Å². The van der Waals surface area contributed by atoms with Crippen LogP contribution in [0.15, 0.2) is 22.9 Å². The summed E-state index contributed by atoms with van der Waals surface area (Å²) in [6, 6.07) is 3.94. The second-order valence-electron chi connectivity index (χ2n) is 4.17. The van der Waals surface area contributed by atoms with Crippen molar-refractivity contribution in [3.8, 4) is 0 Å². The van der Waals surface area contributed by atoms with Crippen molar-refractivity contribution >= 4 is 17.6 Å². The molecule has 0 amide bonds. The maximum absolute atomic E-state index is 4.98. The average Bonchev–Trinajstić information content (AvgIpc) is 2.75. The van der Waals surface area contributed by atoms with Gasteiger partial charge >= 0.3 is 0 Å². The number of nitrogens with zero attached hydrogens (tertiary/aromatic N) is 3. The van der Waals surface area contributed by atoms with Crippen LogP contribution in [0.3, 0.4) is 0 Å². The Kier molecular flexibility index (Phi) is 3.76. The third-order valence-electron chi connectivity index (χ3n) is 2.53. The monoisotopic (exact) mass is 247 g/mol. The van der Waals surface area contributed by atoms with Crippen molar-refractivity contribution in [2.75, 3.05) is 10.6 Å². The summed E-state index contributed by atoms with van der Waals surface area (Å²) in [6.07, 6.45) is 2.72. The molecule has 2 N–H and O–H groups in total. The topological polar surface area (TPSA) is 75.9 Å². The maximum Gasteiger partial charge on any atom is 0.224 e. The Bertz CT molecular complexity index is 511. The second-order valence-corrected chi connectivity index (χ2v) is 4.17. The summed E-state index contributed by atoms with van der Waals surface area (Å²) < 4.78 is 4.98. The molecule has 6 heteroatoms. The molecule has 2 aromatic heterocycles. The van der Waals surface area contributed by atoms with Crippen LogP contribution in [0.2, 0.25) is 0 Å². The molecule has 0 saturated carbocycles. The van der Waals surface area contributed by atoms with Crippen LogP contribution >= 0.6 is 0 Å². The predicted octanol–water partition coefficient (Wildman–Crippen LogP) is 2.73. The second kappa shape index (κ2) is 5.48. The number of aromatic nitrogens is 3.